The number of ether oxygens (including phenoxy) is 1. The molecule has 6 heteroatoms. The first-order valence-corrected chi connectivity index (χ1v) is 12.2. The Bertz CT molecular complexity index is 1260. The number of H-pyrrole nitrogens is 1. The van der Waals surface area contributed by atoms with E-state index in [-0.39, 0.29) is 0 Å². The predicted octanol–water partition coefficient (Wildman–Crippen LogP) is 6.04. The summed E-state index contributed by atoms with van der Waals surface area (Å²) in [6.45, 7) is 5.11. The molecular formula is C28H31ClN4O. The van der Waals surface area contributed by atoms with Gasteiger partial charge in [0.05, 0.1) is 5.69 Å². The number of para-hydroxylation sites is 2. The molecule has 0 atom stereocenters. The number of halogens is 1. The number of anilines is 2. The quantitative estimate of drug-likeness (QED) is 0.354. The summed E-state index contributed by atoms with van der Waals surface area (Å²) in [4.78, 5) is 10.4. The third kappa shape index (κ3) is 5.01. The molecule has 0 radical (unpaired) electrons. The van der Waals surface area contributed by atoms with Gasteiger partial charge in [0, 0.05) is 80.7 Å². The van der Waals surface area contributed by atoms with E-state index in [9.17, 15) is 0 Å². The number of nitrogens with one attached hydrogen (secondary N) is 1. The van der Waals surface area contributed by atoms with Gasteiger partial charge in [-0.2, -0.15) is 0 Å². The largest absolute Gasteiger partial charge is 0.455 e. The van der Waals surface area contributed by atoms with Gasteiger partial charge in [0.15, 0.2) is 5.75 Å². The zero-order chi connectivity index (χ0) is 23.5. The lowest BCUT2D eigenvalue weighted by Gasteiger charge is -2.36. The Kier molecular flexibility index (Phi) is 6.66. The summed E-state index contributed by atoms with van der Waals surface area (Å²) >= 11 is 6.12. The number of nitrogens with zero attached hydrogens (tertiary/aromatic N) is 3. The van der Waals surface area contributed by atoms with E-state index in [2.05, 4.69) is 62.3 Å². The summed E-state index contributed by atoms with van der Waals surface area (Å²) < 4.78 is 6.33. The van der Waals surface area contributed by atoms with E-state index >= 15 is 0 Å². The van der Waals surface area contributed by atoms with Gasteiger partial charge in [0.1, 0.15) is 5.75 Å². The number of hydrogen-bond acceptors (Lipinski definition) is 4. The monoisotopic (exact) mass is 474 g/mol. The fourth-order valence-electron chi connectivity index (χ4n) is 4.61. The van der Waals surface area contributed by atoms with Crippen LogP contribution in [0.1, 0.15) is 5.56 Å². The van der Waals surface area contributed by atoms with Gasteiger partial charge in [-0.15, -0.1) is 0 Å². The second-order valence-electron chi connectivity index (χ2n) is 9.04. The minimum atomic E-state index is 0.770. The minimum Gasteiger partial charge on any atom is -0.455 e. The van der Waals surface area contributed by atoms with Gasteiger partial charge in [-0.05, 0) is 48.4 Å². The molecule has 0 aliphatic carbocycles. The van der Waals surface area contributed by atoms with E-state index in [0.717, 1.165) is 72.6 Å². The van der Waals surface area contributed by atoms with Crippen LogP contribution in [0, 0.1) is 0 Å². The predicted molar refractivity (Wildman–Crippen MR) is 143 cm³/mol. The molecule has 0 spiro atoms. The summed E-state index contributed by atoms with van der Waals surface area (Å²) in [5.74, 6) is 1.77. The molecule has 0 unspecified atom stereocenters. The molecule has 0 amide bonds. The third-order valence-electron chi connectivity index (χ3n) is 6.57. The van der Waals surface area contributed by atoms with Crippen molar-refractivity contribution < 1.29 is 4.74 Å². The van der Waals surface area contributed by atoms with Crippen LogP contribution in [0.3, 0.4) is 0 Å². The maximum Gasteiger partial charge on any atom is 0.150 e. The lowest BCUT2D eigenvalue weighted by atomic mass is 10.1. The normalized spacial score (nSPS) is 14.5. The van der Waals surface area contributed by atoms with Crippen LogP contribution in [0.25, 0.3) is 10.9 Å². The molecule has 3 aromatic carbocycles. The number of aromatic amines is 1. The highest BCUT2D eigenvalue weighted by molar-refractivity contribution is 6.31. The molecule has 0 saturated carbocycles. The highest BCUT2D eigenvalue weighted by Crippen LogP contribution is 2.34. The van der Waals surface area contributed by atoms with Crippen LogP contribution in [0.2, 0.25) is 5.02 Å². The average Bonchev–Trinajstić information content (AvgIpc) is 3.25. The van der Waals surface area contributed by atoms with Crippen LogP contribution in [-0.4, -0.2) is 56.7 Å². The molecule has 176 valence electrons. The molecule has 34 heavy (non-hydrogen) atoms. The van der Waals surface area contributed by atoms with Crippen molar-refractivity contribution in [3.05, 3.63) is 83.5 Å². The van der Waals surface area contributed by atoms with Crippen LogP contribution >= 0.6 is 11.6 Å². The van der Waals surface area contributed by atoms with Crippen LogP contribution in [-0.2, 0) is 6.42 Å². The first-order chi connectivity index (χ1) is 16.6. The summed E-state index contributed by atoms with van der Waals surface area (Å²) in [7, 11) is 4.08. The van der Waals surface area contributed by atoms with E-state index in [1.54, 1.807) is 0 Å². The van der Waals surface area contributed by atoms with E-state index in [1.807, 2.05) is 44.4 Å². The van der Waals surface area contributed by atoms with Crippen molar-refractivity contribution in [2.24, 2.45) is 0 Å². The van der Waals surface area contributed by atoms with Gasteiger partial charge in [-0.3, -0.25) is 4.90 Å². The average molecular weight is 475 g/mol. The maximum atomic E-state index is 6.33. The van der Waals surface area contributed by atoms with Gasteiger partial charge < -0.3 is 19.5 Å². The molecule has 5 nitrogen and oxygen atoms in total. The number of benzene rings is 3. The highest BCUT2D eigenvalue weighted by Gasteiger charge is 2.20. The van der Waals surface area contributed by atoms with Gasteiger partial charge in [0.25, 0.3) is 0 Å². The molecule has 0 bridgehead atoms. The first kappa shape index (κ1) is 22.6. The van der Waals surface area contributed by atoms with Crippen molar-refractivity contribution >= 4 is 33.9 Å². The van der Waals surface area contributed by atoms with Gasteiger partial charge in [-0.25, -0.2) is 0 Å². The summed E-state index contributed by atoms with van der Waals surface area (Å²) in [5, 5.41) is 2.04. The van der Waals surface area contributed by atoms with Crippen molar-refractivity contribution in [2.75, 3.05) is 56.6 Å². The first-order valence-electron chi connectivity index (χ1n) is 11.8. The van der Waals surface area contributed by atoms with Crippen molar-refractivity contribution in [3.8, 4) is 11.5 Å². The third-order valence-corrected chi connectivity index (χ3v) is 6.80. The number of piperazine rings is 1. The fraction of sp³-hybridized carbons (Fsp3) is 0.286. The molecule has 1 saturated heterocycles. The van der Waals surface area contributed by atoms with E-state index in [1.165, 1.54) is 10.9 Å². The Morgan fingerprint density at radius 1 is 0.941 bits per heavy atom. The smallest absolute Gasteiger partial charge is 0.150 e. The Balaban J connectivity index is 1.21. The van der Waals surface area contributed by atoms with Crippen LogP contribution < -0.4 is 14.5 Å². The van der Waals surface area contributed by atoms with Gasteiger partial charge >= 0.3 is 0 Å². The molecule has 1 aliphatic rings. The van der Waals surface area contributed by atoms with Crippen molar-refractivity contribution in [2.45, 2.75) is 6.42 Å². The lowest BCUT2D eigenvalue weighted by molar-refractivity contribution is 0.260. The minimum absolute atomic E-state index is 0.770. The van der Waals surface area contributed by atoms with E-state index in [4.69, 9.17) is 16.3 Å². The van der Waals surface area contributed by atoms with Crippen LogP contribution in [0.15, 0.2) is 72.9 Å². The Morgan fingerprint density at radius 2 is 1.76 bits per heavy atom. The summed E-state index contributed by atoms with van der Waals surface area (Å²) in [6, 6.07) is 22.7. The number of fused-ring (bicyclic) bond motifs is 1. The fourth-order valence-corrected chi connectivity index (χ4v) is 4.79. The number of rotatable bonds is 7. The zero-order valence-corrected chi connectivity index (χ0v) is 20.6. The van der Waals surface area contributed by atoms with E-state index in [0.29, 0.717) is 0 Å². The Morgan fingerprint density at radius 3 is 2.59 bits per heavy atom. The van der Waals surface area contributed by atoms with Crippen LogP contribution in [0.5, 0.6) is 11.5 Å². The van der Waals surface area contributed by atoms with Crippen molar-refractivity contribution in [3.63, 3.8) is 0 Å². The Hall–Kier alpha value is -3.15. The molecule has 2 heterocycles. The molecule has 1 aliphatic heterocycles. The molecule has 4 aromatic rings. The molecule has 5 rings (SSSR count). The van der Waals surface area contributed by atoms with Crippen molar-refractivity contribution in [1.82, 2.24) is 9.88 Å². The van der Waals surface area contributed by atoms with Crippen molar-refractivity contribution in [1.29, 1.82) is 0 Å². The summed E-state index contributed by atoms with van der Waals surface area (Å²) in [6.07, 6.45) is 3.15. The second-order valence-corrected chi connectivity index (χ2v) is 9.48. The number of hydrogen-bond donors (Lipinski definition) is 1. The standard InChI is InChI=1S/C28H31ClN4O/c1-31(2)23-6-5-7-24(19-23)34-28-9-4-3-8-27(28)33-16-14-32(15-17-33)13-12-21-20-30-26-18-22(29)10-11-25(21)26/h3-11,18-20,30H,12-17H2,1-2H3. The second kappa shape index (κ2) is 10.00. The molecule has 1 N–H and O–H groups in total. The zero-order valence-electron chi connectivity index (χ0n) is 19.8. The topological polar surface area (TPSA) is 34.7 Å². The number of aromatic nitrogens is 1. The molecule has 1 aromatic heterocycles. The summed E-state index contributed by atoms with van der Waals surface area (Å²) in [5.41, 5.74) is 4.75. The highest BCUT2D eigenvalue weighted by atomic mass is 35.5. The lowest BCUT2D eigenvalue weighted by Crippen LogP contribution is -2.47. The SMILES string of the molecule is CN(C)c1cccc(Oc2ccccc2N2CCN(CCc3c[nH]c4cc(Cl)ccc34)CC2)c1. The van der Waals surface area contributed by atoms with Crippen LogP contribution in [0.4, 0.5) is 11.4 Å². The Labute approximate surface area is 206 Å². The van der Waals surface area contributed by atoms with Gasteiger partial charge in [-0.1, -0.05) is 35.9 Å². The maximum absolute atomic E-state index is 6.33. The molecular weight excluding hydrogens is 444 g/mol. The molecule has 1 fully saturated rings. The van der Waals surface area contributed by atoms with E-state index < -0.39 is 0 Å². The van der Waals surface area contributed by atoms with Gasteiger partial charge in [0.2, 0.25) is 0 Å².